The second kappa shape index (κ2) is 13.8. The van der Waals surface area contributed by atoms with Crippen molar-refractivity contribution in [2.45, 2.75) is 102 Å². The number of rotatable bonds is 9. The highest BCUT2D eigenvalue weighted by molar-refractivity contribution is 5.68. The number of hydrogen-bond donors (Lipinski definition) is 1. The fourth-order valence-corrected chi connectivity index (χ4v) is 4.99. The number of unbranched alkanes of at least 4 members (excludes halogenated alkanes) is 1. The van der Waals surface area contributed by atoms with E-state index in [9.17, 15) is 27.6 Å². The van der Waals surface area contributed by atoms with Crippen molar-refractivity contribution in [2.24, 2.45) is 0 Å². The van der Waals surface area contributed by atoms with E-state index in [1.165, 1.54) is 6.42 Å². The third-order valence-corrected chi connectivity index (χ3v) is 7.02. The van der Waals surface area contributed by atoms with E-state index < -0.39 is 47.5 Å². The van der Waals surface area contributed by atoms with Crippen LogP contribution >= 0.6 is 0 Å². The molecule has 38 heavy (non-hydrogen) atoms. The molecular weight excluding hydrogens is 507 g/mol. The molecule has 1 aromatic heterocycles. The smallest absolute Gasteiger partial charge is 0.423 e. The van der Waals surface area contributed by atoms with Crippen molar-refractivity contribution in [1.29, 1.82) is 0 Å². The van der Waals surface area contributed by atoms with Crippen LogP contribution in [0.5, 0.6) is 0 Å². The van der Waals surface area contributed by atoms with Gasteiger partial charge in [0.25, 0.3) is 5.56 Å². The number of aromatic nitrogens is 2. The summed E-state index contributed by atoms with van der Waals surface area (Å²) in [5.74, 6) is 2.32. The zero-order valence-electron chi connectivity index (χ0n) is 21.6. The van der Waals surface area contributed by atoms with Gasteiger partial charge in [-0.1, -0.05) is 51.4 Å². The highest BCUT2D eigenvalue weighted by atomic mass is 19.4. The predicted molar refractivity (Wildman–Crippen MR) is 132 cm³/mol. The van der Waals surface area contributed by atoms with E-state index in [2.05, 4.69) is 5.92 Å². The Balaban J connectivity index is 1.74. The van der Waals surface area contributed by atoms with Gasteiger partial charge in [0.05, 0.1) is 6.10 Å². The van der Waals surface area contributed by atoms with Crippen molar-refractivity contribution < 1.29 is 32.2 Å². The van der Waals surface area contributed by atoms with Crippen LogP contribution in [0.2, 0.25) is 0 Å². The van der Waals surface area contributed by atoms with Crippen LogP contribution < -0.4 is 11.2 Å². The summed E-state index contributed by atoms with van der Waals surface area (Å²) in [6, 6.07) is 0.0839. The highest BCUT2D eigenvalue weighted by Crippen LogP contribution is 2.32. The Labute approximate surface area is 219 Å². The van der Waals surface area contributed by atoms with Gasteiger partial charge in [0.1, 0.15) is 31.1 Å². The largest absolute Gasteiger partial charge is 0.447 e. The van der Waals surface area contributed by atoms with Gasteiger partial charge < -0.3 is 19.1 Å². The first kappa shape index (κ1) is 29.8. The standard InChI is InChI=1S/C26H36F3N3O6/c1-3-5-13-31(18-11-9-7-6-8-10-12-18)25(35)37-17-21-20(36-14-4-2)15-22(38-21)32-16-19(26(27,28)29)23(33)30-24(32)34/h2,16,18,20-22H,3,5-15,17H2,1H3,(H,30,33,34)/t20-,21+,22+/m0/s1. The molecule has 12 heteroatoms. The number of hydrogen-bond acceptors (Lipinski definition) is 6. The number of ether oxygens (including phenoxy) is 3. The number of nitrogens with one attached hydrogen (secondary N) is 1. The highest BCUT2D eigenvalue weighted by Gasteiger charge is 2.41. The first-order valence-corrected chi connectivity index (χ1v) is 13.2. The Kier molecular flexibility index (Phi) is 10.8. The number of amides is 1. The molecular formula is C26H36F3N3O6. The number of halogens is 3. The minimum atomic E-state index is -4.96. The number of aromatic amines is 1. The fraction of sp³-hybridized carbons (Fsp3) is 0.731. The monoisotopic (exact) mass is 543 g/mol. The third-order valence-electron chi connectivity index (χ3n) is 7.02. The topological polar surface area (TPSA) is 103 Å². The second-order valence-corrected chi connectivity index (χ2v) is 9.75. The normalized spacial score (nSPS) is 22.9. The lowest BCUT2D eigenvalue weighted by atomic mass is 9.95. The Bertz CT molecular complexity index is 1070. The Morgan fingerprint density at radius 3 is 2.55 bits per heavy atom. The van der Waals surface area contributed by atoms with Crippen molar-refractivity contribution in [3.05, 3.63) is 32.6 Å². The van der Waals surface area contributed by atoms with Gasteiger partial charge >= 0.3 is 18.0 Å². The molecule has 1 aromatic rings. The average molecular weight is 544 g/mol. The summed E-state index contributed by atoms with van der Waals surface area (Å²) in [4.78, 5) is 40.6. The summed E-state index contributed by atoms with van der Waals surface area (Å²) >= 11 is 0. The van der Waals surface area contributed by atoms with Gasteiger partial charge in [-0.3, -0.25) is 14.3 Å². The van der Waals surface area contributed by atoms with Gasteiger partial charge in [-0.25, -0.2) is 9.59 Å². The molecule has 1 amide bonds. The Hall–Kier alpha value is -2.78. The van der Waals surface area contributed by atoms with Gasteiger partial charge in [0, 0.05) is 25.2 Å². The van der Waals surface area contributed by atoms with Crippen LogP contribution in [-0.2, 0) is 20.4 Å². The first-order chi connectivity index (χ1) is 18.2. The number of alkyl halides is 3. The van der Waals surface area contributed by atoms with Gasteiger partial charge in [-0.2, -0.15) is 13.2 Å². The van der Waals surface area contributed by atoms with E-state index in [4.69, 9.17) is 20.6 Å². The maximum absolute atomic E-state index is 13.3. The molecule has 2 aliphatic rings. The lowest BCUT2D eigenvalue weighted by Crippen LogP contribution is -2.43. The zero-order chi connectivity index (χ0) is 27.7. The molecule has 0 bridgehead atoms. The van der Waals surface area contributed by atoms with E-state index in [0.29, 0.717) is 17.3 Å². The van der Waals surface area contributed by atoms with Crippen LogP contribution in [0.1, 0.15) is 82.9 Å². The van der Waals surface area contributed by atoms with Crippen LogP contribution in [0.15, 0.2) is 15.8 Å². The Morgan fingerprint density at radius 1 is 1.24 bits per heavy atom. The summed E-state index contributed by atoms with van der Waals surface area (Å²) in [5, 5.41) is 0. The maximum Gasteiger partial charge on any atom is 0.423 e. The number of H-pyrrole nitrogens is 1. The maximum atomic E-state index is 13.3. The second-order valence-electron chi connectivity index (χ2n) is 9.75. The molecule has 1 aliphatic carbocycles. The van der Waals surface area contributed by atoms with Gasteiger partial charge in [-0.15, -0.1) is 6.42 Å². The molecule has 2 fully saturated rings. The quantitative estimate of drug-likeness (QED) is 0.468. The average Bonchev–Trinajstić information content (AvgIpc) is 3.24. The van der Waals surface area contributed by atoms with Gasteiger partial charge in [0.15, 0.2) is 0 Å². The molecule has 0 aromatic carbocycles. The molecule has 3 rings (SSSR count). The van der Waals surface area contributed by atoms with E-state index >= 15 is 0 Å². The van der Waals surface area contributed by atoms with Crippen LogP contribution in [-0.4, -0.2) is 58.6 Å². The van der Waals surface area contributed by atoms with E-state index in [1.807, 2.05) is 6.92 Å². The van der Waals surface area contributed by atoms with E-state index in [0.717, 1.165) is 51.4 Å². The molecule has 0 radical (unpaired) electrons. The van der Waals surface area contributed by atoms with Crippen molar-refractivity contribution >= 4 is 6.09 Å². The van der Waals surface area contributed by atoms with Crippen LogP contribution in [0.25, 0.3) is 0 Å². The van der Waals surface area contributed by atoms with Gasteiger partial charge in [0.2, 0.25) is 0 Å². The first-order valence-electron chi connectivity index (χ1n) is 13.2. The lowest BCUT2D eigenvalue weighted by Gasteiger charge is -2.33. The van der Waals surface area contributed by atoms with Crippen LogP contribution in [0.3, 0.4) is 0 Å². The molecule has 9 nitrogen and oxygen atoms in total. The van der Waals surface area contributed by atoms with E-state index in [1.54, 1.807) is 9.88 Å². The lowest BCUT2D eigenvalue weighted by molar-refractivity contribution is -0.139. The van der Waals surface area contributed by atoms with Crippen molar-refractivity contribution in [1.82, 2.24) is 14.5 Å². The van der Waals surface area contributed by atoms with Crippen LogP contribution in [0, 0.1) is 12.3 Å². The van der Waals surface area contributed by atoms with E-state index in [-0.39, 0.29) is 25.7 Å². The predicted octanol–water partition coefficient (Wildman–Crippen LogP) is 4.21. The SMILES string of the molecule is C#CCO[C@H]1C[C@H](n2cc(C(F)(F)F)c(=O)[nH]c2=O)O[C@@H]1COC(=O)N(CCCC)C1CCCCCCC1. The summed E-state index contributed by atoms with van der Waals surface area (Å²) < 4.78 is 57.5. The summed E-state index contributed by atoms with van der Waals surface area (Å²) in [5.41, 5.74) is -4.12. The number of terminal acetylenes is 1. The summed E-state index contributed by atoms with van der Waals surface area (Å²) in [7, 11) is 0. The van der Waals surface area contributed by atoms with Crippen LogP contribution in [0.4, 0.5) is 18.0 Å². The molecule has 1 aliphatic heterocycles. The molecule has 0 unspecified atom stereocenters. The molecule has 3 atom stereocenters. The van der Waals surface area contributed by atoms with Gasteiger partial charge in [-0.05, 0) is 19.3 Å². The Morgan fingerprint density at radius 2 is 1.92 bits per heavy atom. The number of carbonyl (C=O) groups excluding carboxylic acids is 1. The number of carbonyl (C=O) groups is 1. The van der Waals surface area contributed by atoms with Crippen molar-refractivity contribution in [3.8, 4) is 12.3 Å². The summed E-state index contributed by atoms with van der Waals surface area (Å²) in [6.45, 7) is 2.27. The van der Waals surface area contributed by atoms with Crippen molar-refractivity contribution in [3.63, 3.8) is 0 Å². The molecule has 1 saturated heterocycles. The minimum Gasteiger partial charge on any atom is -0.447 e. The molecule has 1 N–H and O–H groups in total. The molecule has 2 heterocycles. The fourth-order valence-electron chi connectivity index (χ4n) is 4.99. The number of nitrogens with zero attached hydrogens (tertiary/aromatic N) is 2. The minimum absolute atomic E-state index is 0.0324. The molecule has 212 valence electrons. The summed E-state index contributed by atoms with van der Waals surface area (Å²) in [6.07, 6.45) is 6.57. The molecule has 1 saturated carbocycles. The molecule has 0 spiro atoms. The zero-order valence-corrected chi connectivity index (χ0v) is 21.6. The third kappa shape index (κ3) is 7.86. The van der Waals surface area contributed by atoms with Crippen molar-refractivity contribution in [2.75, 3.05) is 19.8 Å².